The lowest BCUT2D eigenvalue weighted by atomic mass is 10.0. The molecule has 3 aromatic rings. The Hall–Kier alpha value is -4.03. The predicted octanol–water partition coefficient (Wildman–Crippen LogP) is 5.32. The molecule has 194 valence electrons. The first-order valence-corrected chi connectivity index (χ1v) is 11.2. The first kappa shape index (κ1) is 24.7. The Bertz CT molecular complexity index is 1430. The summed E-state index contributed by atoms with van der Waals surface area (Å²) < 4.78 is 83.0. The molecule has 0 fully saturated rings. The Labute approximate surface area is 205 Å². The first-order chi connectivity index (χ1) is 17.4. The number of carbonyl (C=O) groups is 1. The highest BCUT2D eigenvalue weighted by Crippen LogP contribution is 2.41. The van der Waals surface area contributed by atoms with E-state index in [9.17, 15) is 35.9 Å². The fraction of sp³-hybridized carbons (Fsp3) is 0.292. The van der Waals surface area contributed by atoms with Crippen molar-refractivity contribution in [1.29, 1.82) is 0 Å². The van der Waals surface area contributed by atoms with E-state index in [0.29, 0.717) is 60.6 Å². The average Bonchev–Trinajstić information content (AvgIpc) is 2.83. The molecule has 1 N–H and O–H groups in total. The minimum absolute atomic E-state index is 0.0646. The van der Waals surface area contributed by atoms with Crippen LogP contribution in [0.1, 0.15) is 40.0 Å². The third-order valence-corrected chi connectivity index (χ3v) is 6.17. The number of amides is 1. The number of nitrogens with zero attached hydrogens (tertiary/aromatic N) is 3. The van der Waals surface area contributed by atoms with Crippen LogP contribution in [0.15, 0.2) is 47.4 Å². The normalized spacial score (nSPS) is 15.9. The lowest BCUT2D eigenvalue weighted by molar-refractivity contribution is -0.274. The van der Waals surface area contributed by atoms with Gasteiger partial charge in [-0.1, -0.05) is 0 Å². The Morgan fingerprint density at radius 3 is 2.35 bits per heavy atom. The third kappa shape index (κ3) is 4.85. The molecule has 0 atom stereocenters. The maximum absolute atomic E-state index is 13.5. The summed E-state index contributed by atoms with van der Waals surface area (Å²) in [5, 5.41) is 0. The number of rotatable bonds is 1. The van der Waals surface area contributed by atoms with Gasteiger partial charge in [0, 0.05) is 23.6 Å². The Kier molecular flexibility index (Phi) is 5.88. The molecular formula is C24H18F6N4O3. The third-order valence-electron chi connectivity index (χ3n) is 6.17. The number of halogens is 6. The molecule has 2 aliphatic rings. The molecule has 2 bridgehead atoms. The van der Waals surface area contributed by atoms with Gasteiger partial charge in [-0.2, -0.15) is 13.2 Å². The molecule has 0 unspecified atom stereocenters. The van der Waals surface area contributed by atoms with Gasteiger partial charge in [0.15, 0.2) is 0 Å². The van der Waals surface area contributed by atoms with Crippen LogP contribution < -0.4 is 20.1 Å². The highest BCUT2D eigenvalue weighted by molar-refractivity contribution is 6.12. The van der Waals surface area contributed by atoms with Gasteiger partial charge in [0.25, 0.3) is 5.91 Å². The summed E-state index contributed by atoms with van der Waals surface area (Å²) >= 11 is 0. The van der Waals surface area contributed by atoms with Gasteiger partial charge in [-0.25, -0.2) is 4.98 Å². The van der Waals surface area contributed by atoms with E-state index >= 15 is 0 Å². The second kappa shape index (κ2) is 8.82. The van der Waals surface area contributed by atoms with Crippen molar-refractivity contribution in [3.8, 4) is 5.75 Å². The molecule has 0 spiro atoms. The maximum atomic E-state index is 13.5. The molecule has 0 aliphatic carbocycles. The topological polar surface area (TPSA) is 78.5 Å². The summed E-state index contributed by atoms with van der Waals surface area (Å²) in [6.45, 7) is -0.199. The number of anilines is 3. The molecule has 0 radical (unpaired) electrons. The van der Waals surface area contributed by atoms with Gasteiger partial charge in [0.1, 0.15) is 18.2 Å². The number of pyridine rings is 2. The number of carbonyl (C=O) groups excluding carboxylic acids is 1. The number of H-pyrrole nitrogens is 1. The second-order valence-corrected chi connectivity index (χ2v) is 8.63. The largest absolute Gasteiger partial charge is 0.573 e. The average molecular weight is 524 g/mol. The number of hydrogen-bond donors (Lipinski definition) is 1. The summed E-state index contributed by atoms with van der Waals surface area (Å²) in [6, 6.07) is 7.02. The van der Waals surface area contributed by atoms with Crippen molar-refractivity contribution >= 4 is 23.1 Å². The Balaban J connectivity index is 1.71. The molecule has 0 saturated carbocycles. The zero-order valence-corrected chi connectivity index (χ0v) is 18.9. The van der Waals surface area contributed by atoms with Crippen molar-refractivity contribution in [3.05, 3.63) is 75.3 Å². The van der Waals surface area contributed by atoms with Crippen LogP contribution in [0.4, 0.5) is 43.5 Å². The van der Waals surface area contributed by atoms with Gasteiger partial charge in [0.2, 0.25) is 5.56 Å². The molecule has 2 aromatic heterocycles. The van der Waals surface area contributed by atoms with Gasteiger partial charge in [-0.3, -0.25) is 14.5 Å². The number of aryl methyl sites for hydroxylation is 2. The minimum Gasteiger partial charge on any atom is -0.406 e. The Morgan fingerprint density at radius 1 is 0.892 bits per heavy atom. The van der Waals surface area contributed by atoms with Crippen molar-refractivity contribution in [1.82, 2.24) is 9.97 Å². The zero-order chi connectivity index (χ0) is 26.5. The summed E-state index contributed by atoms with van der Waals surface area (Å²) in [5.74, 6) is -1.26. The fourth-order valence-electron chi connectivity index (χ4n) is 4.57. The van der Waals surface area contributed by atoms with Crippen molar-refractivity contribution in [3.63, 3.8) is 0 Å². The first-order valence-electron chi connectivity index (χ1n) is 11.2. The van der Waals surface area contributed by atoms with Crippen LogP contribution in [0.25, 0.3) is 0 Å². The number of alkyl halides is 6. The van der Waals surface area contributed by atoms with E-state index in [4.69, 9.17) is 0 Å². The number of aromatic nitrogens is 2. The smallest absolute Gasteiger partial charge is 0.406 e. The number of fused-ring (bicyclic) bond motifs is 8. The SMILES string of the molecule is O=C1c2cc(C(F)(F)F)cnc2N2CN1c1ccc(=O)[nH]c1CCCCc1cc(OC(F)(F)F)ccc12. The summed E-state index contributed by atoms with van der Waals surface area (Å²) in [7, 11) is 0. The van der Waals surface area contributed by atoms with E-state index < -0.39 is 35.3 Å². The van der Waals surface area contributed by atoms with Crippen molar-refractivity contribution < 1.29 is 35.9 Å². The van der Waals surface area contributed by atoms with E-state index in [0.717, 1.165) is 6.07 Å². The van der Waals surface area contributed by atoms with Crippen LogP contribution in [0, 0.1) is 0 Å². The van der Waals surface area contributed by atoms with Crippen LogP contribution in [-0.2, 0) is 19.0 Å². The number of ether oxygens (including phenoxy) is 1. The van der Waals surface area contributed by atoms with Crippen LogP contribution in [0.2, 0.25) is 0 Å². The quantitative estimate of drug-likeness (QED) is 0.436. The monoisotopic (exact) mass is 524 g/mol. The van der Waals surface area contributed by atoms with E-state index in [2.05, 4.69) is 14.7 Å². The van der Waals surface area contributed by atoms with Gasteiger partial charge in [-0.15, -0.1) is 13.2 Å². The van der Waals surface area contributed by atoms with Gasteiger partial charge < -0.3 is 14.6 Å². The lowest BCUT2D eigenvalue weighted by Gasteiger charge is -2.38. The molecule has 37 heavy (non-hydrogen) atoms. The van der Waals surface area contributed by atoms with Crippen LogP contribution in [-0.4, -0.2) is 28.9 Å². The van der Waals surface area contributed by atoms with Crippen molar-refractivity contribution in [2.24, 2.45) is 0 Å². The number of benzene rings is 1. The van der Waals surface area contributed by atoms with Gasteiger partial charge in [-0.05, 0) is 61.6 Å². The standard InChI is InChI=1S/C24H18F6N4O3/c25-23(26,27)14-10-16-21(31-11-14)33-12-34(22(16)36)19-7-8-20(35)32-17(19)4-2-1-3-13-9-15(5-6-18(13)33)37-24(28,29)30/h5-11H,1-4,12H2,(H,32,35). The molecular weight excluding hydrogens is 506 g/mol. The zero-order valence-electron chi connectivity index (χ0n) is 18.9. The van der Waals surface area contributed by atoms with E-state index in [1.165, 1.54) is 34.1 Å². The maximum Gasteiger partial charge on any atom is 0.573 e. The number of nitrogens with one attached hydrogen (secondary N) is 1. The van der Waals surface area contributed by atoms with Crippen molar-refractivity contribution in [2.45, 2.75) is 38.2 Å². The molecule has 4 heterocycles. The minimum atomic E-state index is -4.91. The molecule has 13 heteroatoms. The lowest BCUT2D eigenvalue weighted by Crippen LogP contribution is -2.46. The molecule has 5 rings (SSSR count). The number of hydrogen-bond acceptors (Lipinski definition) is 5. The highest BCUT2D eigenvalue weighted by Gasteiger charge is 2.39. The molecule has 1 aromatic carbocycles. The summed E-state index contributed by atoms with van der Waals surface area (Å²) in [6.07, 6.45) is -7.40. The fourth-order valence-corrected chi connectivity index (χ4v) is 4.57. The molecule has 7 nitrogen and oxygen atoms in total. The second-order valence-electron chi connectivity index (χ2n) is 8.63. The molecule has 0 saturated heterocycles. The van der Waals surface area contributed by atoms with Gasteiger partial charge in [0.05, 0.1) is 16.8 Å². The summed E-state index contributed by atoms with van der Waals surface area (Å²) in [5.41, 5.74) is -0.319. The highest BCUT2D eigenvalue weighted by atomic mass is 19.4. The summed E-state index contributed by atoms with van der Waals surface area (Å²) in [4.78, 5) is 34.8. The van der Waals surface area contributed by atoms with Crippen LogP contribution in [0.5, 0.6) is 5.75 Å². The van der Waals surface area contributed by atoms with Crippen LogP contribution in [0.3, 0.4) is 0 Å². The number of aromatic amines is 1. The van der Waals surface area contributed by atoms with E-state index in [1.54, 1.807) is 0 Å². The van der Waals surface area contributed by atoms with Crippen LogP contribution >= 0.6 is 0 Å². The van der Waals surface area contributed by atoms with E-state index in [-0.39, 0.29) is 18.1 Å². The molecule has 2 aliphatic heterocycles. The predicted molar refractivity (Wildman–Crippen MR) is 120 cm³/mol. The molecule has 1 amide bonds. The van der Waals surface area contributed by atoms with E-state index in [1.807, 2.05) is 0 Å². The van der Waals surface area contributed by atoms with Crippen molar-refractivity contribution in [2.75, 3.05) is 16.5 Å². The van der Waals surface area contributed by atoms with Gasteiger partial charge >= 0.3 is 12.5 Å². The Morgan fingerprint density at radius 2 is 1.62 bits per heavy atom.